The highest BCUT2D eigenvalue weighted by atomic mass is 16.3. The zero-order valence-corrected chi connectivity index (χ0v) is 44.9. The number of furan rings is 2. The summed E-state index contributed by atoms with van der Waals surface area (Å²) >= 11 is 0. The van der Waals surface area contributed by atoms with E-state index in [9.17, 15) is 0 Å². The predicted molar refractivity (Wildman–Crippen MR) is 325 cm³/mol. The Bertz CT molecular complexity index is 4410. The Morgan fingerprint density at radius 1 is 0.390 bits per heavy atom. The number of rotatable bonds is 5. The number of fused-ring (bicyclic) bond motifs is 13. The lowest BCUT2D eigenvalue weighted by atomic mass is 9.33. The van der Waals surface area contributed by atoms with Crippen LogP contribution in [0.5, 0.6) is 0 Å². The highest BCUT2D eigenvalue weighted by Gasteiger charge is 2.44. The lowest BCUT2D eigenvalue weighted by Crippen LogP contribution is -2.61. The van der Waals surface area contributed by atoms with Crippen molar-refractivity contribution in [1.29, 1.82) is 0 Å². The largest absolute Gasteiger partial charge is 0.456 e. The first-order valence-electron chi connectivity index (χ1n) is 27.2. The number of anilines is 9. The molecular formula is C71H58BN3O2. The van der Waals surface area contributed by atoms with Gasteiger partial charge in [0, 0.05) is 84.2 Å². The minimum Gasteiger partial charge on any atom is -0.456 e. The minimum atomic E-state index is -0.124. The van der Waals surface area contributed by atoms with E-state index in [1.165, 1.54) is 49.8 Å². The van der Waals surface area contributed by atoms with Crippen molar-refractivity contribution >= 4 is 118 Å². The molecule has 2 aliphatic heterocycles. The first-order chi connectivity index (χ1) is 37.2. The average molecular weight is 996 g/mol. The molecule has 0 saturated heterocycles. The number of nitrogens with zero attached hydrogens (tertiary/aromatic N) is 3. The number of benzene rings is 10. The van der Waals surface area contributed by atoms with Gasteiger partial charge in [0.15, 0.2) is 0 Å². The zero-order valence-electron chi connectivity index (χ0n) is 44.9. The summed E-state index contributed by atoms with van der Waals surface area (Å²) in [5.41, 5.74) is 25.1. The van der Waals surface area contributed by atoms with Gasteiger partial charge < -0.3 is 23.5 Å². The lowest BCUT2D eigenvalue weighted by molar-refractivity contribution is 0.590. The molecule has 0 bridgehead atoms. The molecule has 0 radical (unpaired) electrons. The summed E-state index contributed by atoms with van der Waals surface area (Å²) in [7, 11) is 0. The summed E-state index contributed by atoms with van der Waals surface area (Å²) in [5.74, 6) is 0. The molecule has 0 unspecified atom stereocenters. The molecule has 1 aliphatic carbocycles. The van der Waals surface area contributed by atoms with Crippen molar-refractivity contribution in [3.8, 4) is 11.1 Å². The summed E-state index contributed by atoms with van der Waals surface area (Å²) in [5, 5.41) is 4.43. The van der Waals surface area contributed by atoms with Gasteiger partial charge in [-0.25, -0.2) is 0 Å². The van der Waals surface area contributed by atoms with Crippen LogP contribution in [-0.4, -0.2) is 6.71 Å². The lowest BCUT2D eigenvalue weighted by Gasteiger charge is -2.44. The molecule has 6 heteroatoms. The van der Waals surface area contributed by atoms with Crippen LogP contribution >= 0.6 is 0 Å². The monoisotopic (exact) mass is 995 g/mol. The van der Waals surface area contributed by atoms with Gasteiger partial charge in [0.2, 0.25) is 0 Å². The summed E-state index contributed by atoms with van der Waals surface area (Å²) < 4.78 is 13.2. The Labute approximate surface area is 450 Å². The molecule has 77 heavy (non-hydrogen) atoms. The summed E-state index contributed by atoms with van der Waals surface area (Å²) in [4.78, 5) is 7.47. The first kappa shape index (κ1) is 45.6. The molecule has 4 heterocycles. The van der Waals surface area contributed by atoms with Crippen LogP contribution in [0.2, 0.25) is 0 Å². The van der Waals surface area contributed by atoms with Gasteiger partial charge in [0.25, 0.3) is 6.71 Å². The third kappa shape index (κ3) is 6.80. The third-order valence-electron chi connectivity index (χ3n) is 17.2. The quantitative estimate of drug-likeness (QED) is 0.161. The van der Waals surface area contributed by atoms with Gasteiger partial charge in [-0.05, 0) is 152 Å². The van der Waals surface area contributed by atoms with Crippen LogP contribution in [0.4, 0.5) is 51.2 Å². The van der Waals surface area contributed by atoms with E-state index in [-0.39, 0.29) is 23.0 Å². The fraction of sp³-hybridized carbons (Fsp3) is 0.155. The van der Waals surface area contributed by atoms with Crippen molar-refractivity contribution in [2.24, 2.45) is 0 Å². The predicted octanol–water partition coefficient (Wildman–Crippen LogP) is 17.9. The molecule has 5 nitrogen and oxygen atoms in total. The molecule has 10 aromatic carbocycles. The van der Waals surface area contributed by atoms with Crippen molar-refractivity contribution in [3.05, 3.63) is 229 Å². The normalized spacial score (nSPS) is 14.3. The molecule has 3 aliphatic rings. The second-order valence-corrected chi connectivity index (χ2v) is 24.2. The average Bonchev–Trinajstić information content (AvgIpc) is 4.09. The van der Waals surface area contributed by atoms with Gasteiger partial charge in [-0.1, -0.05) is 165 Å². The van der Waals surface area contributed by atoms with Crippen molar-refractivity contribution in [3.63, 3.8) is 0 Å². The van der Waals surface area contributed by atoms with Gasteiger partial charge in [-0.2, -0.15) is 0 Å². The van der Waals surface area contributed by atoms with E-state index < -0.39 is 0 Å². The smallest absolute Gasteiger partial charge is 0.252 e. The van der Waals surface area contributed by atoms with E-state index in [2.05, 4.69) is 270 Å². The number of hydrogen-bond donors (Lipinski definition) is 0. The van der Waals surface area contributed by atoms with Gasteiger partial charge in [-0.15, -0.1) is 0 Å². The van der Waals surface area contributed by atoms with Crippen molar-refractivity contribution in [2.75, 3.05) is 14.7 Å². The summed E-state index contributed by atoms with van der Waals surface area (Å²) in [6.45, 7) is 18.3. The van der Waals surface area contributed by atoms with Crippen LogP contribution in [0.1, 0.15) is 77.6 Å². The van der Waals surface area contributed by atoms with E-state index in [0.717, 1.165) is 95.1 Å². The van der Waals surface area contributed by atoms with Crippen LogP contribution in [0, 0.1) is 0 Å². The van der Waals surface area contributed by atoms with Crippen molar-refractivity contribution < 1.29 is 8.83 Å². The van der Waals surface area contributed by atoms with Gasteiger partial charge in [-0.3, -0.25) is 0 Å². The van der Waals surface area contributed by atoms with Gasteiger partial charge >= 0.3 is 0 Å². The van der Waals surface area contributed by atoms with Crippen molar-refractivity contribution in [1.82, 2.24) is 0 Å². The van der Waals surface area contributed by atoms with E-state index in [0.29, 0.717) is 0 Å². The van der Waals surface area contributed by atoms with E-state index in [1.54, 1.807) is 0 Å². The Morgan fingerprint density at radius 2 is 0.896 bits per heavy atom. The number of hydrogen-bond acceptors (Lipinski definition) is 5. The Hall–Kier alpha value is -8.74. The molecule has 0 saturated carbocycles. The van der Waals surface area contributed by atoms with Gasteiger partial charge in [0.1, 0.15) is 22.3 Å². The maximum Gasteiger partial charge on any atom is 0.252 e. The first-order valence-corrected chi connectivity index (χ1v) is 27.2. The summed E-state index contributed by atoms with van der Waals surface area (Å²) in [6, 6.07) is 76.9. The fourth-order valence-electron chi connectivity index (χ4n) is 13.2. The number of para-hydroxylation sites is 2. The molecule has 0 atom stereocenters. The molecular weight excluding hydrogens is 938 g/mol. The second kappa shape index (κ2) is 16.1. The Kier molecular flexibility index (Phi) is 9.57. The highest BCUT2D eigenvalue weighted by molar-refractivity contribution is 7.00. The van der Waals surface area contributed by atoms with Crippen LogP contribution in [0.3, 0.4) is 0 Å². The highest BCUT2D eigenvalue weighted by Crippen LogP contribution is 2.52. The molecule has 12 aromatic rings. The molecule has 0 N–H and O–H groups in total. The molecule has 372 valence electrons. The van der Waals surface area contributed by atoms with Crippen LogP contribution in [0.25, 0.3) is 55.0 Å². The topological polar surface area (TPSA) is 36.0 Å². The molecule has 15 rings (SSSR count). The Balaban J connectivity index is 0.998. The SMILES string of the molecule is CC(C)(C)c1ccc(N2c3cc(N(c4ccc5c(c4)-c4ccccc4C5(C)C)c4ccc5oc6ccccc6c5c4)ccc3B3c4cc5c(cc4N(c4ccc(C(C)(C)C)cc4)c4cccc2c43)oc2ccccc25)cc1. The maximum atomic E-state index is 6.72. The second-order valence-electron chi connectivity index (χ2n) is 24.2. The molecule has 0 spiro atoms. The molecule has 2 aromatic heterocycles. The maximum absolute atomic E-state index is 6.72. The minimum absolute atomic E-state index is 0.00857. The van der Waals surface area contributed by atoms with Crippen LogP contribution in [-0.2, 0) is 16.2 Å². The standard InChI is InChI=1S/C71H58BN3O2/c1-69(2,3)43-24-28-45(29-25-43)74-60-20-15-21-61-68(60)72(59-41-55-52-18-11-14-23-65(52)77-67(55)42-63(59)75(61)46-30-26-44(27-31-46)70(4,5)6)58-36-33-49(40-62(58)74)73(48-34-37-66-54(39-48)51-17-10-13-22-64(51)76-66)47-32-35-57-53(38-47)50-16-9-12-19-56(50)71(57,7)8/h9-42H,1-8H3. The van der Waals surface area contributed by atoms with Crippen molar-refractivity contribution in [2.45, 2.75) is 71.6 Å². The van der Waals surface area contributed by atoms with Crippen LogP contribution < -0.4 is 31.1 Å². The van der Waals surface area contributed by atoms with E-state index in [4.69, 9.17) is 8.83 Å². The molecule has 0 fully saturated rings. The zero-order chi connectivity index (χ0) is 52.3. The molecule has 0 amide bonds. The van der Waals surface area contributed by atoms with Crippen LogP contribution in [0.15, 0.2) is 215 Å². The van der Waals surface area contributed by atoms with Gasteiger partial charge in [0.05, 0.1) is 0 Å². The fourth-order valence-corrected chi connectivity index (χ4v) is 13.2. The van der Waals surface area contributed by atoms with E-state index >= 15 is 0 Å². The summed E-state index contributed by atoms with van der Waals surface area (Å²) in [6.07, 6.45) is 0. The van der Waals surface area contributed by atoms with E-state index in [1.807, 2.05) is 6.07 Å². The Morgan fingerprint density at radius 3 is 1.55 bits per heavy atom. The third-order valence-corrected chi connectivity index (χ3v) is 17.2.